The summed E-state index contributed by atoms with van der Waals surface area (Å²) in [6, 6.07) is 17.9. The summed E-state index contributed by atoms with van der Waals surface area (Å²) < 4.78 is 1.80. The van der Waals surface area contributed by atoms with E-state index < -0.39 is 17.2 Å². The minimum absolute atomic E-state index is 0.103. The Morgan fingerprint density at radius 2 is 1.94 bits per heavy atom. The van der Waals surface area contributed by atoms with Gasteiger partial charge in [0.25, 0.3) is 11.5 Å². The molecule has 0 bridgehead atoms. The summed E-state index contributed by atoms with van der Waals surface area (Å²) in [5, 5.41) is 16.3. The van der Waals surface area contributed by atoms with Crippen LogP contribution in [-0.4, -0.2) is 25.7 Å². The lowest BCUT2D eigenvalue weighted by Crippen LogP contribution is -2.32. The molecule has 0 spiro atoms. The van der Waals surface area contributed by atoms with Crippen LogP contribution in [0.5, 0.6) is 0 Å². The molecule has 33 heavy (non-hydrogen) atoms. The molecule has 4 aromatic rings. The molecule has 164 valence electrons. The third kappa shape index (κ3) is 5.14. The van der Waals surface area contributed by atoms with E-state index in [0.29, 0.717) is 12.1 Å². The van der Waals surface area contributed by atoms with Gasteiger partial charge in [-0.2, -0.15) is 10.4 Å². The second-order valence-corrected chi connectivity index (χ2v) is 7.56. The largest absolute Gasteiger partial charge is 0.344 e. The summed E-state index contributed by atoms with van der Waals surface area (Å²) in [5.41, 5.74) is 2.78. The van der Waals surface area contributed by atoms with Gasteiger partial charge in [0, 0.05) is 17.8 Å². The fourth-order valence-electron chi connectivity index (χ4n) is 3.46. The predicted molar refractivity (Wildman–Crippen MR) is 121 cm³/mol. The standard InChI is InChI=1S/C24H20N6O3/c1-15(27-23(32)21-10-22(31)29-24(33)28-21)18-6-3-7-19(9-18)20-12-26-30(14-20)13-17-5-2-4-16(8-17)11-25/h2-10,12,14-15H,13H2,1H3,(H,27,32)(H2,28,29,31,33). The highest BCUT2D eigenvalue weighted by molar-refractivity contribution is 5.92. The molecule has 2 aromatic heterocycles. The van der Waals surface area contributed by atoms with Crippen LogP contribution in [0.2, 0.25) is 0 Å². The molecule has 2 heterocycles. The first-order valence-electron chi connectivity index (χ1n) is 10.2. The molecule has 1 unspecified atom stereocenters. The minimum Gasteiger partial charge on any atom is -0.344 e. The topological polar surface area (TPSA) is 136 Å². The number of nitrogens with zero attached hydrogens (tertiary/aromatic N) is 3. The predicted octanol–water partition coefficient (Wildman–Crippen LogP) is 2.34. The van der Waals surface area contributed by atoms with Crippen molar-refractivity contribution >= 4 is 5.91 Å². The van der Waals surface area contributed by atoms with Gasteiger partial charge in [-0.15, -0.1) is 0 Å². The van der Waals surface area contributed by atoms with Crippen LogP contribution in [0, 0.1) is 11.3 Å². The van der Waals surface area contributed by atoms with Crippen LogP contribution in [0.1, 0.15) is 40.1 Å². The van der Waals surface area contributed by atoms with Crippen LogP contribution in [0.15, 0.2) is 76.6 Å². The van der Waals surface area contributed by atoms with E-state index in [9.17, 15) is 14.4 Å². The van der Waals surface area contributed by atoms with Crippen LogP contribution >= 0.6 is 0 Å². The summed E-state index contributed by atoms with van der Waals surface area (Å²) in [7, 11) is 0. The van der Waals surface area contributed by atoms with Crippen LogP contribution < -0.4 is 16.6 Å². The van der Waals surface area contributed by atoms with Crippen molar-refractivity contribution in [2.75, 3.05) is 0 Å². The number of rotatable bonds is 6. The van der Waals surface area contributed by atoms with E-state index in [1.54, 1.807) is 16.9 Å². The fourth-order valence-corrected chi connectivity index (χ4v) is 3.46. The zero-order chi connectivity index (χ0) is 23.4. The molecule has 9 heteroatoms. The van der Waals surface area contributed by atoms with E-state index in [2.05, 4.69) is 21.5 Å². The van der Waals surface area contributed by atoms with E-state index in [1.165, 1.54) is 0 Å². The molecule has 2 aromatic carbocycles. The number of carbonyl (C=O) groups excluding carboxylic acids is 1. The average molecular weight is 440 g/mol. The zero-order valence-electron chi connectivity index (χ0n) is 17.7. The van der Waals surface area contributed by atoms with Gasteiger partial charge in [-0.1, -0.05) is 30.3 Å². The molecule has 0 radical (unpaired) electrons. The summed E-state index contributed by atoms with van der Waals surface area (Å²) in [6.45, 7) is 2.35. The Morgan fingerprint density at radius 3 is 2.73 bits per heavy atom. The maximum atomic E-state index is 12.4. The maximum Gasteiger partial charge on any atom is 0.326 e. The number of hydrogen-bond donors (Lipinski definition) is 3. The number of hydrogen-bond acceptors (Lipinski definition) is 5. The van der Waals surface area contributed by atoms with E-state index in [0.717, 1.165) is 28.3 Å². The molecule has 0 aliphatic rings. The molecule has 1 atom stereocenters. The number of amides is 1. The van der Waals surface area contributed by atoms with Crippen LogP contribution in [-0.2, 0) is 6.54 Å². The van der Waals surface area contributed by atoms with E-state index in [-0.39, 0.29) is 11.7 Å². The van der Waals surface area contributed by atoms with Gasteiger partial charge in [0.1, 0.15) is 5.69 Å². The molecule has 3 N–H and O–H groups in total. The van der Waals surface area contributed by atoms with Crippen molar-refractivity contribution in [1.82, 2.24) is 25.1 Å². The van der Waals surface area contributed by atoms with Crippen molar-refractivity contribution in [3.05, 3.63) is 110 Å². The molecule has 0 fully saturated rings. The van der Waals surface area contributed by atoms with Crippen molar-refractivity contribution in [2.24, 2.45) is 0 Å². The van der Waals surface area contributed by atoms with Crippen molar-refractivity contribution in [2.45, 2.75) is 19.5 Å². The van der Waals surface area contributed by atoms with Crippen molar-refractivity contribution < 1.29 is 4.79 Å². The average Bonchev–Trinajstić information content (AvgIpc) is 3.27. The van der Waals surface area contributed by atoms with Crippen LogP contribution in [0.3, 0.4) is 0 Å². The van der Waals surface area contributed by atoms with Gasteiger partial charge in [0.15, 0.2) is 0 Å². The second-order valence-electron chi connectivity index (χ2n) is 7.56. The monoisotopic (exact) mass is 440 g/mol. The molecule has 0 saturated carbocycles. The first-order valence-corrected chi connectivity index (χ1v) is 10.2. The highest BCUT2D eigenvalue weighted by Gasteiger charge is 2.14. The van der Waals surface area contributed by atoms with Crippen molar-refractivity contribution in [3.8, 4) is 17.2 Å². The Bertz CT molecular complexity index is 1450. The minimum atomic E-state index is -0.737. The number of aromatic nitrogens is 4. The molecule has 0 saturated heterocycles. The summed E-state index contributed by atoms with van der Waals surface area (Å²) in [6.07, 6.45) is 3.68. The quantitative estimate of drug-likeness (QED) is 0.423. The van der Waals surface area contributed by atoms with Gasteiger partial charge >= 0.3 is 5.69 Å². The highest BCUT2D eigenvalue weighted by atomic mass is 16.2. The van der Waals surface area contributed by atoms with E-state index >= 15 is 0 Å². The van der Waals surface area contributed by atoms with E-state index in [4.69, 9.17) is 5.26 Å². The lowest BCUT2D eigenvalue weighted by atomic mass is 10.0. The van der Waals surface area contributed by atoms with Crippen molar-refractivity contribution in [1.29, 1.82) is 5.26 Å². The fraction of sp³-hybridized carbons (Fsp3) is 0.125. The Labute approximate surface area is 188 Å². The van der Waals surface area contributed by atoms with Gasteiger partial charge in [0.05, 0.1) is 30.4 Å². The molecular formula is C24H20N6O3. The van der Waals surface area contributed by atoms with Gasteiger partial charge in [-0.25, -0.2) is 4.79 Å². The number of nitriles is 1. The lowest BCUT2D eigenvalue weighted by molar-refractivity contribution is 0.0934. The molecular weight excluding hydrogens is 420 g/mol. The Hall–Kier alpha value is -4.71. The van der Waals surface area contributed by atoms with Gasteiger partial charge in [0.2, 0.25) is 0 Å². The summed E-state index contributed by atoms with van der Waals surface area (Å²) in [5.74, 6) is -0.552. The number of carbonyl (C=O) groups is 1. The zero-order valence-corrected chi connectivity index (χ0v) is 17.7. The van der Waals surface area contributed by atoms with Gasteiger partial charge in [-0.05, 0) is 41.8 Å². The van der Waals surface area contributed by atoms with Crippen LogP contribution in [0.4, 0.5) is 0 Å². The normalized spacial score (nSPS) is 11.5. The van der Waals surface area contributed by atoms with Gasteiger partial charge in [-0.3, -0.25) is 19.3 Å². The number of H-pyrrole nitrogens is 2. The lowest BCUT2D eigenvalue weighted by Gasteiger charge is -2.15. The first-order chi connectivity index (χ1) is 15.9. The number of benzene rings is 2. The smallest absolute Gasteiger partial charge is 0.326 e. The second kappa shape index (κ2) is 9.20. The highest BCUT2D eigenvalue weighted by Crippen LogP contribution is 2.23. The Kier molecular flexibility index (Phi) is 6.00. The third-order valence-electron chi connectivity index (χ3n) is 5.11. The third-order valence-corrected chi connectivity index (χ3v) is 5.11. The SMILES string of the molecule is CC(NC(=O)c1cc(=O)[nH]c(=O)[nH]1)c1cccc(-c2cnn(Cc3cccc(C#N)c3)c2)c1. The Morgan fingerprint density at radius 1 is 1.12 bits per heavy atom. The number of aromatic amines is 2. The molecule has 9 nitrogen and oxygen atoms in total. The molecule has 0 aliphatic heterocycles. The number of nitrogens with one attached hydrogen (secondary N) is 3. The summed E-state index contributed by atoms with van der Waals surface area (Å²) in [4.78, 5) is 39.6. The summed E-state index contributed by atoms with van der Waals surface area (Å²) >= 11 is 0. The molecule has 0 aliphatic carbocycles. The Balaban J connectivity index is 1.49. The molecule has 1 amide bonds. The first kappa shape index (κ1) is 21.5. The van der Waals surface area contributed by atoms with Crippen molar-refractivity contribution in [3.63, 3.8) is 0 Å². The maximum absolute atomic E-state index is 12.4. The van der Waals surface area contributed by atoms with Crippen LogP contribution in [0.25, 0.3) is 11.1 Å². The molecule has 4 rings (SSSR count). The van der Waals surface area contributed by atoms with E-state index in [1.807, 2.05) is 60.6 Å². The van der Waals surface area contributed by atoms with Gasteiger partial charge < -0.3 is 10.3 Å².